The Bertz CT molecular complexity index is 233. The fourth-order valence-corrected chi connectivity index (χ4v) is 1.57. The maximum absolute atomic E-state index is 3.97. The highest BCUT2D eigenvalue weighted by Crippen LogP contribution is 2.15. The normalized spacial score (nSPS) is 11.9. The quantitative estimate of drug-likeness (QED) is 0.619. The van der Waals surface area contributed by atoms with Crippen LogP contribution in [0.25, 0.3) is 0 Å². The van der Waals surface area contributed by atoms with E-state index in [4.69, 9.17) is 0 Å². The van der Waals surface area contributed by atoms with Crippen molar-refractivity contribution in [2.75, 3.05) is 6.26 Å². The van der Waals surface area contributed by atoms with Crippen LogP contribution in [0, 0.1) is 0 Å². The lowest BCUT2D eigenvalue weighted by atomic mass is 10.1. The minimum absolute atomic E-state index is 0. The predicted octanol–water partition coefficient (Wildman–Crippen LogP) is -1.41. The van der Waals surface area contributed by atoms with E-state index >= 15 is 0 Å². The van der Waals surface area contributed by atoms with Gasteiger partial charge in [0, 0.05) is 11.3 Å². The molecule has 1 rings (SSSR count). The fraction of sp³-hybridized carbons (Fsp3) is 0.400. The van der Waals surface area contributed by atoms with Gasteiger partial charge in [-0.2, -0.15) is 0 Å². The van der Waals surface area contributed by atoms with Gasteiger partial charge < -0.3 is 18.1 Å². The molecule has 3 heteroatoms. The zero-order valence-electron chi connectivity index (χ0n) is 8.09. The van der Waals surface area contributed by atoms with E-state index in [9.17, 15) is 0 Å². The van der Waals surface area contributed by atoms with Gasteiger partial charge in [0.25, 0.3) is 0 Å². The molecule has 0 aromatic heterocycles. The van der Waals surface area contributed by atoms with Crippen LogP contribution >= 0.6 is 11.8 Å². The Morgan fingerprint density at radius 3 is 2.23 bits per heavy atom. The molecule has 0 amide bonds. The lowest BCUT2D eigenvalue weighted by Gasteiger charge is -2.02. The standard InChI is InChI=1S/C10H15NS.ClH/c1-8(11)7-9-3-5-10(12-2)6-4-9;/h3-6,8H,7,11H2,1-2H3;1H. The fourth-order valence-electron chi connectivity index (χ4n) is 1.16. The molecule has 1 aromatic carbocycles. The SMILES string of the molecule is CSc1ccc(CC(C)[NH3+])cc1.[Cl-]. The molecule has 0 spiro atoms. The highest BCUT2D eigenvalue weighted by Gasteiger charge is 1.99. The van der Waals surface area contributed by atoms with Gasteiger partial charge in [-0.25, -0.2) is 0 Å². The number of thioether (sulfide) groups is 1. The van der Waals surface area contributed by atoms with Crippen LogP contribution in [-0.4, -0.2) is 12.3 Å². The Balaban J connectivity index is 0.00000144. The summed E-state index contributed by atoms with van der Waals surface area (Å²) in [6, 6.07) is 9.22. The average molecular weight is 218 g/mol. The summed E-state index contributed by atoms with van der Waals surface area (Å²) in [6.45, 7) is 2.14. The van der Waals surface area contributed by atoms with Crippen molar-refractivity contribution in [3.05, 3.63) is 29.8 Å². The van der Waals surface area contributed by atoms with Crippen molar-refractivity contribution >= 4 is 11.8 Å². The average Bonchev–Trinajstić information content (AvgIpc) is 2.05. The van der Waals surface area contributed by atoms with Gasteiger partial charge in [-0.05, 0) is 30.9 Å². The first-order valence-electron chi connectivity index (χ1n) is 4.18. The van der Waals surface area contributed by atoms with Crippen molar-refractivity contribution in [3.8, 4) is 0 Å². The topological polar surface area (TPSA) is 27.6 Å². The van der Waals surface area contributed by atoms with Crippen LogP contribution < -0.4 is 18.1 Å². The summed E-state index contributed by atoms with van der Waals surface area (Å²) in [6.07, 6.45) is 3.17. The number of hydrogen-bond donors (Lipinski definition) is 1. The minimum atomic E-state index is 0. The molecule has 0 saturated heterocycles. The van der Waals surface area contributed by atoms with Gasteiger partial charge in [0.05, 0.1) is 6.04 Å². The van der Waals surface area contributed by atoms with Crippen LogP contribution in [0.1, 0.15) is 12.5 Å². The molecule has 1 atom stereocenters. The molecule has 0 fully saturated rings. The molecular formula is C10H16ClNS. The monoisotopic (exact) mass is 217 g/mol. The first kappa shape index (κ1) is 12.8. The van der Waals surface area contributed by atoms with E-state index in [1.807, 2.05) is 0 Å². The van der Waals surface area contributed by atoms with Crippen LogP contribution in [0.15, 0.2) is 29.2 Å². The Morgan fingerprint density at radius 2 is 1.85 bits per heavy atom. The van der Waals surface area contributed by atoms with Crippen molar-refractivity contribution < 1.29 is 18.1 Å². The van der Waals surface area contributed by atoms with Crippen LogP contribution in [0.5, 0.6) is 0 Å². The highest BCUT2D eigenvalue weighted by molar-refractivity contribution is 7.98. The third kappa shape index (κ3) is 4.55. The molecule has 0 aliphatic heterocycles. The Labute approximate surface area is 90.5 Å². The number of rotatable bonds is 3. The predicted molar refractivity (Wildman–Crippen MR) is 54.3 cm³/mol. The highest BCUT2D eigenvalue weighted by atomic mass is 35.5. The molecular weight excluding hydrogens is 202 g/mol. The summed E-state index contributed by atoms with van der Waals surface area (Å²) in [7, 11) is 0. The summed E-state index contributed by atoms with van der Waals surface area (Å²) in [4.78, 5) is 1.33. The molecule has 0 bridgehead atoms. The second-order valence-corrected chi connectivity index (χ2v) is 4.04. The molecule has 1 aromatic rings. The molecule has 74 valence electrons. The smallest absolute Gasteiger partial charge is 0.0855 e. The van der Waals surface area contributed by atoms with Crippen molar-refractivity contribution in [2.45, 2.75) is 24.3 Å². The molecule has 0 radical (unpaired) electrons. The summed E-state index contributed by atoms with van der Waals surface area (Å²) < 4.78 is 0. The van der Waals surface area contributed by atoms with Gasteiger partial charge in [0.15, 0.2) is 0 Å². The zero-order valence-corrected chi connectivity index (χ0v) is 9.66. The van der Waals surface area contributed by atoms with E-state index in [1.54, 1.807) is 11.8 Å². The number of halogens is 1. The Morgan fingerprint density at radius 1 is 1.31 bits per heavy atom. The van der Waals surface area contributed by atoms with Gasteiger partial charge in [-0.15, -0.1) is 11.8 Å². The van der Waals surface area contributed by atoms with E-state index in [0.29, 0.717) is 6.04 Å². The summed E-state index contributed by atoms with van der Waals surface area (Å²) in [5.74, 6) is 0. The van der Waals surface area contributed by atoms with Crippen molar-refractivity contribution in [2.24, 2.45) is 0 Å². The maximum Gasteiger partial charge on any atom is 0.0855 e. The lowest BCUT2D eigenvalue weighted by Crippen LogP contribution is -3.00. The van der Waals surface area contributed by atoms with Crippen LogP contribution in [0.3, 0.4) is 0 Å². The zero-order chi connectivity index (χ0) is 8.97. The second-order valence-electron chi connectivity index (χ2n) is 3.16. The van der Waals surface area contributed by atoms with Crippen LogP contribution in [-0.2, 0) is 6.42 Å². The second kappa shape index (κ2) is 6.30. The van der Waals surface area contributed by atoms with E-state index < -0.39 is 0 Å². The van der Waals surface area contributed by atoms with Gasteiger partial charge in [0.2, 0.25) is 0 Å². The Kier molecular flexibility index (Phi) is 6.21. The molecule has 0 aliphatic carbocycles. The van der Waals surface area contributed by atoms with Gasteiger partial charge in [0.1, 0.15) is 0 Å². The van der Waals surface area contributed by atoms with Crippen molar-refractivity contribution in [1.29, 1.82) is 0 Å². The number of hydrogen-bond acceptors (Lipinski definition) is 1. The first-order valence-corrected chi connectivity index (χ1v) is 5.41. The van der Waals surface area contributed by atoms with Gasteiger partial charge in [-0.1, -0.05) is 12.1 Å². The third-order valence-corrected chi connectivity index (χ3v) is 2.49. The molecule has 3 N–H and O–H groups in total. The third-order valence-electron chi connectivity index (χ3n) is 1.74. The number of benzene rings is 1. The molecule has 13 heavy (non-hydrogen) atoms. The summed E-state index contributed by atoms with van der Waals surface area (Å²) >= 11 is 1.78. The largest absolute Gasteiger partial charge is 1.00 e. The lowest BCUT2D eigenvalue weighted by molar-refractivity contribution is -0.413. The molecule has 1 nitrogen and oxygen atoms in total. The van der Waals surface area contributed by atoms with Gasteiger partial charge >= 0.3 is 0 Å². The van der Waals surface area contributed by atoms with E-state index in [0.717, 1.165) is 6.42 Å². The summed E-state index contributed by atoms with van der Waals surface area (Å²) in [5, 5.41) is 0. The number of quaternary nitrogens is 1. The van der Waals surface area contributed by atoms with Gasteiger partial charge in [-0.3, -0.25) is 0 Å². The van der Waals surface area contributed by atoms with Crippen molar-refractivity contribution in [3.63, 3.8) is 0 Å². The molecule has 0 heterocycles. The Hall–Kier alpha value is -0.180. The van der Waals surface area contributed by atoms with E-state index in [1.165, 1.54) is 10.5 Å². The molecule has 0 saturated carbocycles. The maximum atomic E-state index is 3.97. The first-order chi connectivity index (χ1) is 5.72. The van der Waals surface area contributed by atoms with Crippen molar-refractivity contribution in [1.82, 2.24) is 0 Å². The molecule has 1 unspecified atom stereocenters. The van der Waals surface area contributed by atoms with Crippen LogP contribution in [0.4, 0.5) is 0 Å². The summed E-state index contributed by atoms with van der Waals surface area (Å²) in [5.41, 5.74) is 5.36. The van der Waals surface area contributed by atoms with E-state index in [-0.39, 0.29) is 12.4 Å². The minimum Gasteiger partial charge on any atom is -1.00 e. The molecule has 0 aliphatic rings. The van der Waals surface area contributed by atoms with E-state index in [2.05, 4.69) is 43.2 Å². The van der Waals surface area contributed by atoms with Crippen LogP contribution in [0.2, 0.25) is 0 Å².